The highest BCUT2D eigenvalue weighted by Crippen LogP contribution is 2.33. The first-order chi connectivity index (χ1) is 12.0. The predicted molar refractivity (Wildman–Crippen MR) is 96.3 cm³/mol. The molecule has 1 saturated heterocycles. The minimum Gasteiger partial charge on any atom is -0.427 e. The SMILES string of the molecule is CC(=O)Oc1ccc(OC(C)=O)c(SCCCCN2CCOCC2)c1. The summed E-state index contributed by atoms with van der Waals surface area (Å²) in [5, 5.41) is 0. The average Bonchev–Trinajstić information content (AvgIpc) is 2.57. The Morgan fingerprint density at radius 2 is 1.84 bits per heavy atom. The van der Waals surface area contributed by atoms with Gasteiger partial charge in [0.05, 0.1) is 18.1 Å². The van der Waals surface area contributed by atoms with Gasteiger partial charge in [-0.25, -0.2) is 0 Å². The number of ether oxygens (including phenoxy) is 3. The van der Waals surface area contributed by atoms with Crippen LogP contribution in [0.4, 0.5) is 0 Å². The summed E-state index contributed by atoms with van der Waals surface area (Å²) in [5.74, 6) is 1.12. The van der Waals surface area contributed by atoms with Gasteiger partial charge in [-0.2, -0.15) is 0 Å². The van der Waals surface area contributed by atoms with Crippen molar-refractivity contribution in [3.63, 3.8) is 0 Å². The summed E-state index contributed by atoms with van der Waals surface area (Å²) in [5.41, 5.74) is 0. The number of rotatable bonds is 8. The van der Waals surface area contributed by atoms with Gasteiger partial charge in [0.25, 0.3) is 0 Å². The van der Waals surface area contributed by atoms with Crippen molar-refractivity contribution < 1.29 is 23.8 Å². The fourth-order valence-electron chi connectivity index (χ4n) is 2.51. The Labute approximate surface area is 152 Å². The van der Waals surface area contributed by atoms with E-state index in [2.05, 4.69) is 4.90 Å². The normalized spacial score (nSPS) is 15.0. The number of thioether (sulfide) groups is 1. The van der Waals surface area contributed by atoms with E-state index in [9.17, 15) is 9.59 Å². The summed E-state index contributed by atoms with van der Waals surface area (Å²) >= 11 is 1.61. The first kappa shape index (κ1) is 19.8. The van der Waals surface area contributed by atoms with E-state index < -0.39 is 0 Å². The molecule has 0 N–H and O–H groups in total. The second kappa shape index (κ2) is 10.4. The van der Waals surface area contributed by atoms with Crippen LogP contribution in [0.15, 0.2) is 23.1 Å². The van der Waals surface area contributed by atoms with Crippen molar-refractivity contribution in [2.75, 3.05) is 38.6 Å². The summed E-state index contributed by atoms with van der Waals surface area (Å²) in [4.78, 5) is 25.6. The van der Waals surface area contributed by atoms with Crippen LogP contribution in [0.5, 0.6) is 11.5 Å². The molecule has 0 aliphatic carbocycles. The smallest absolute Gasteiger partial charge is 0.308 e. The van der Waals surface area contributed by atoms with Crippen LogP contribution < -0.4 is 9.47 Å². The van der Waals surface area contributed by atoms with E-state index >= 15 is 0 Å². The zero-order valence-electron chi connectivity index (χ0n) is 14.8. The highest BCUT2D eigenvalue weighted by molar-refractivity contribution is 7.99. The standard InChI is InChI=1S/C18H25NO5S/c1-14(20)23-16-5-6-17(24-15(2)21)18(13-16)25-12-4-3-7-19-8-10-22-11-9-19/h5-6,13H,3-4,7-12H2,1-2H3. The lowest BCUT2D eigenvalue weighted by Gasteiger charge is -2.26. The molecular formula is C18H25NO5S. The monoisotopic (exact) mass is 367 g/mol. The number of carbonyl (C=O) groups excluding carboxylic acids is 2. The van der Waals surface area contributed by atoms with Gasteiger partial charge in [0.1, 0.15) is 11.5 Å². The number of esters is 2. The van der Waals surface area contributed by atoms with Gasteiger partial charge in [0.2, 0.25) is 0 Å². The quantitative estimate of drug-likeness (QED) is 0.303. The first-order valence-corrected chi connectivity index (χ1v) is 9.47. The third-order valence-electron chi connectivity index (χ3n) is 3.66. The maximum absolute atomic E-state index is 11.2. The maximum atomic E-state index is 11.2. The molecule has 1 aliphatic rings. The third kappa shape index (κ3) is 7.46. The molecule has 138 valence electrons. The lowest BCUT2D eigenvalue weighted by atomic mass is 10.3. The van der Waals surface area contributed by atoms with E-state index in [4.69, 9.17) is 14.2 Å². The van der Waals surface area contributed by atoms with Crippen LogP contribution in [0.1, 0.15) is 26.7 Å². The van der Waals surface area contributed by atoms with Gasteiger partial charge in [-0.1, -0.05) is 0 Å². The van der Waals surface area contributed by atoms with Gasteiger partial charge in [-0.15, -0.1) is 11.8 Å². The molecule has 1 aromatic rings. The summed E-state index contributed by atoms with van der Waals surface area (Å²) in [6.45, 7) is 7.47. The number of carbonyl (C=O) groups is 2. The second-order valence-corrected chi connectivity index (χ2v) is 6.94. The number of morpholine rings is 1. The Morgan fingerprint density at radius 1 is 1.12 bits per heavy atom. The molecule has 0 unspecified atom stereocenters. The third-order valence-corrected chi connectivity index (χ3v) is 4.78. The van der Waals surface area contributed by atoms with Crippen molar-refractivity contribution in [2.24, 2.45) is 0 Å². The van der Waals surface area contributed by atoms with E-state index in [1.165, 1.54) is 13.8 Å². The van der Waals surface area contributed by atoms with E-state index in [-0.39, 0.29) is 11.9 Å². The van der Waals surface area contributed by atoms with Crippen molar-refractivity contribution in [1.82, 2.24) is 4.90 Å². The van der Waals surface area contributed by atoms with Crippen LogP contribution >= 0.6 is 11.8 Å². The fraction of sp³-hybridized carbons (Fsp3) is 0.556. The zero-order chi connectivity index (χ0) is 18.1. The lowest BCUT2D eigenvalue weighted by molar-refractivity contribution is -0.133. The number of unbranched alkanes of at least 4 members (excludes halogenated alkanes) is 1. The second-order valence-electron chi connectivity index (χ2n) is 5.81. The van der Waals surface area contributed by atoms with E-state index in [0.29, 0.717) is 11.5 Å². The Balaban J connectivity index is 1.84. The molecule has 0 bridgehead atoms. The van der Waals surface area contributed by atoms with Gasteiger partial charge in [0, 0.05) is 26.9 Å². The largest absolute Gasteiger partial charge is 0.427 e. The number of hydrogen-bond acceptors (Lipinski definition) is 7. The van der Waals surface area contributed by atoms with Crippen molar-refractivity contribution >= 4 is 23.7 Å². The van der Waals surface area contributed by atoms with Gasteiger partial charge in [0.15, 0.2) is 0 Å². The molecule has 6 nitrogen and oxygen atoms in total. The van der Waals surface area contributed by atoms with Crippen LogP contribution in [0.3, 0.4) is 0 Å². The summed E-state index contributed by atoms with van der Waals surface area (Å²) in [6.07, 6.45) is 2.17. The molecule has 1 aliphatic heterocycles. The molecule has 7 heteroatoms. The van der Waals surface area contributed by atoms with Crippen LogP contribution in [0.2, 0.25) is 0 Å². The van der Waals surface area contributed by atoms with Crippen molar-refractivity contribution in [1.29, 1.82) is 0 Å². The van der Waals surface area contributed by atoms with Gasteiger partial charge in [-0.05, 0) is 43.3 Å². The topological polar surface area (TPSA) is 65.1 Å². The molecular weight excluding hydrogens is 342 g/mol. The summed E-state index contributed by atoms with van der Waals surface area (Å²) in [7, 11) is 0. The van der Waals surface area contributed by atoms with Crippen LogP contribution in [0, 0.1) is 0 Å². The molecule has 0 amide bonds. The minimum absolute atomic E-state index is 0.366. The molecule has 0 saturated carbocycles. The highest BCUT2D eigenvalue weighted by atomic mass is 32.2. The van der Waals surface area contributed by atoms with Gasteiger partial charge < -0.3 is 14.2 Å². The molecule has 0 radical (unpaired) electrons. The zero-order valence-corrected chi connectivity index (χ0v) is 15.6. The fourth-order valence-corrected chi connectivity index (χ4v) is 3.53. The Hall–Kier alpha value is -1.57. The van der Waals surface area contributed by atoms with Crippen molar-refractivity contribution in [3.05, 3.63) is 18.2 Å². The molecule has 1 heterocycles. The summed E-state index contributed by atoms with van der Waals surface area (Å²) < 4.78 is 15.7. The molecule has 2 rings (SSSR count). The number of nitrogens with zero attached hydrogens (tertiary/aromatic N) is 1. The van der Waals surface area contributed by atoms with Crippen LogP contribution in [-0.4, -0.2) is 55.4 Å². The van der Waals surface area contributed by atoms with Crippen LogP contribution in [0.25, 0.3) is 0 Å². The molecule has 0 aromatic heterocycles. The Kier molecular flexibility index (Phi) is 8.24. The molecule has 1 aromatic carbocycles. The average molecular weight is 367 g/mol. The number of hydrogen-bond donors (Lipinski definition) is 0. The first-order valence-electron chi connectivity index (χ1n) is 8.48. The van der Waals surface area contributed by atoms with Crippen molar-refractivity contribution in [2.45, 2.75) is 31.6 Å². The Bertz CT molecular complexity index is 587. The molecule has 0 spiro atoms. The highest BCUT2D eigenvalue weighted by Gasteiger charge is 2.11. The van der Waals surface area contributed by atoms with E-state index in [1.807, 2.05) is 0 Å². The lowest BCUT2D eigenvalue weighted by Crippen LogP contribution is -2.36. The molecule has 0 atom stereocenters. The van der Waals surface area contributed by atoms with Gasteiger partial charge >= 0.3 is 11.9 Å². The maximum Gasteiger partial charge on any atom is 0.308 e. The van der Waals surface area contributed by atoms with E-state index in [1.54, 1.807) is 30.0 Å². The molecule has 25 heavy (non-hydrogen) atoms. The predicted octanol–water partition coefficient (Wildman–Crippen LogP) is 2.74. The van der Waals surface area contributed by atoms with Crippen molar-refractivity contribution in [3.8, 4) is 11.5 Å². The van der Waals surface area contributed by atoms with E-state index in [0.717, 1.165) is 56.3 Å². The molecule has 1 fully saturated rings. The minimum atomic E-state index is -0.373. The van der Waals surface area contributed by atoms with Gasteiger partial charge in [-0.3, -0.25) is 14.5 Å². The summed E-state index contributed by atoms with van der Waals surface area (Å²) in [6, 6.07) is 5.03. The van der Waals surface area contributed by atoms with Crippen LogP contribution in [-0.2, 0) is 14.3 Å². The number of benzene rings is 1. The Morgan fingerprint density at radius 3 is 2.52 bits per heavy atom.